The number of hydrogen-bond acceptors (Lipinski definition) is 6. The van der Waals surface area contributed by atoms with Crippen molar-refractivity contribution in [2.24, 2.45) is 5.92 Å². The molecule has 1 unspecified atom stereocenters. The molecule has 0 radical (unpaired) electrons. The zero-order valence-corrected chi connectivity index (χ0v) is 20.9. The van der Waals surface area contributed by atoms with Gasteiger partial charge in [-0.3, -0.25) is 14.9 Å². The SMILES string of the molecule is Cc1cc(C)c2[nH]nc(-c3nc(C(=O)N4CCC(NCC(C)C)C4)c(-c4cccnc4)s3)c2c1. The first kappa shape index (κ1) is 22.7. The van der Waals surface area contributed by atoms with Gasteiger partial charge in [0.2, 0.25) is 0 Å². The molecule has 176 valence electrons. The second-order valence-corrected chi connectivity index (χ2v) is 10.6. The molecule has 8 heteroatoms. The van der Waals surface area contributed by atoms with Gasteiger partial charge in [-0.2, -0.15) is 5.10 Å². The molecule has 1 amide bonds. The van der Waals surface area contributed by atoms with Crippen LogP contribution in [0.25, 0.3) is 32.0 Å². The summed E-state index contributed by atoms with van der Waals surface area (Å²) in [6.07, 6.45) is 4.49. The number of rotatable bonds is 6. The summed E-state index contributed by atoms with van der Waals surface area (Å²) in [5.74, 6) is 0.557. The molecule has 1 fully saturated rings. The lowest BCUT2D eigenvalue weighted by Gasteiger charge is -2.17. The Bertz CT molecular complexity index is 1330. The number of carbonyl (C=O) groups is 1. The lowest BCUT2D eigenvalue weighted by molar-refractivity contribution is 0.0785. The Balaban J connectivity index is 1.52. The highest BCUT2D eigenvalue weighted by molar-refractivity contribution is 7.18. The minimum Gasteiger partial charge on any atom is -0.336 e. The van der Waals surface area contributed by atoms with Crippen molar-refractivity contribution in [3.05, 3.63) is 53.5 Å². The van der Waals surface area contributed by atoms with Crippen LogP contribution in [0.4, 0.5) is 0 Å². The number of pyridine rings is 1. The van der Waals surface area contributed by atoms with Crippen LogP contribution in [-0.4, -0.2) is 56.6 Å². The van der Waals surface area contributed by atoms with E-state index in [9.17, 15) is 4.79 Å². The highest BCUT2D eigenvalue weighted by Crippen LogP contribution is 2.38. The molecule has 1 aromatic carbocycles. The van der Waals surface area contributed by atoms with Gasteiger partial charge in [0.05, 0.1) is 10.4 Å². The van der Waals surface area contributed by atoms with Crippen LogP contribution < -0.4 is 5.32 Å². The van der Waals surface area contributed by atoms with Gasteiger partial charge in [-0.25, -0.2) is 4.98 Å². The van der Waals surface area contributed by atoms with Crippen LogP contribution in [0.2, 0.25) is 0 Å². The number of nitrogens with zero attached hydrogens (tertiary/aromatic N) is 4. The molecule has 5 rings (SSSR count). The number of benzene rings is 1. The van der Waals surface area contributed by atoms with Gasteiger partial charge in [-0.15, -0.1) is 11.3 Å². The maximum Gasteiger partial charge on any atom is 0.274 e. The van der Waals surface area contributed by atoms with Crippen molar-refractivity contribution in [3.8, 4) is 21.1 Å². The van der Waals surface area contributed by atoms with Gasteiger partial charge in [0.1, 0.15) is 16.4 Å². The van der Waals surface area contributed by atoms with E-state index in [1.165, 1.54) is 16.9 Å². The Hall–Kier alpha value is -3.10. The molecule has 3 aromatic heterocycles. The van der Waals surface area contributed by atoms with Crippen LogP contribution in [0.5, 0.6) is 0 Å². The third-order valence-electron chi connectivity index (χ3n) is 6.26. The molecule has 4 aromatic rings. The van der Waals surface area contributed by atoms with Crippen molar-refractivity contribution < 1.29 is 4.79 Å². The number of hydrogen-bond donors (Lipinski definition) is 2. The molecule has 2 N–H and O–H groups in total. The van der Waals surface area contributed by atoms with Gasteiger partial charge < -0.3 is 10.2 Å². The van der Waals surface area contributed by atoms with Crippen LogP contribution in [0, 0.1) is 19.8 Å². The van der Waals surface area contributed by atoms with Gasteiger partial charge in [0.25, 0.3) is 5.91 Å². The number of aromatic nitrogens is 4. The average Bonchev–Trinajstić information content (AvgIpc) is 3.55. The Morgan fingerprint density at radius 2 is 2.18 bits per heavy atom. The van der Waals surface area contributed by atoms with Gasteiger partial charge >= 0.3 is 0 Å². The maximum atomic E-state index is 13.7. The van der Waals surface area contributed by atoms with Crippen LogP contribution >= 0.6 is 11.3 Å². The van der Waals surface area contributed by atoms with Crippen molar-refractivity contribution in [3.63, 3.8) is 0 Å². The summed E-state index contributed by atoms with van der Waals surface area (Å²) in [7, 11) is 0. The first-order valence-corrected chi connectivity index (χ1v) is 12.6. The molecule has 1 saturated heterocycles. The second-order valence-electron chi connectivity index (χ2n) is 9.55. The summed E-state index contributed by atoms with van der Waals surface area (Å²) in [5, 5.41) is 13.1. The summed E-state index contributed by atoms with van der Waals surface area (Å²) in [5.41, 5.74) is 5.49. The van der Waals surface area contributed by atoms with Crippen molar-refractivity contribution >= 4 is 28.1 Å². The molecule has 0 aliphatic carbocycles. The standard InChI is InChI=1S/C26H30N6OS/c1-15(2)12-28-19-7-9-32(14-19)26(33)23-24(18-6-5-8-27-13-18)34-25(29-23)22-20-11-16(3)10-17(4)21(20)30-31-22/h5-6,8,10-11,13,15,19,28H,7,9,12,14H2,1-4H3,(H,30,31). The van der Waals surface area contributed by atoms with Crippen molar-refractivity contribution in [1.82, 2.24) is 30.4 Å². The van der Waals surface area contributed by atoms with E-state index in [1.807, 2.05) is 17.0 Å². The van der Waals surface area contributed by atoms with E-state index in [1.54, 1.807) is 12.4 Å². The molecule has 1 aliphatic heterocycles. The topological polar surface area (TPSA) is 86.8 Å². The van der Waals surface area contributed by atoms with E-state index in [-0.39, 0.29) is 5.91 Å². The van der Waals surface area contributed by atoms with Crippen molar-refractivity contribution in [2.45, 2.75) is 40.2 Å². The predicted octanol–water partition coefficient (Wildman–Crippen LogP) is 4.83. The number of thiazole rings is 1. The Morgan fingerprint density at radius 3 is 2.94 bits per heavy atom. The number of nitrogens with one attached hydrogen (secondary N) is 2. The average molecular weight is 475 g/mol. The zero-order valence-electron chi connectivity index (χ0n) is 20.1. The summed E-state index contributed by atoms with van der Waals surface area (Å²) < 4.78 is 0. The first-order chi connectivity index (χ1) is 16.4. The summed E-state index contributed by atoms with van der Waals surface area (Å²) in [6.45, 7) is 10.9. The lowest BCUT2D eigenvalue weighted by Crippen LogP contribution is -2.36. The van der Waals surface area contributed by atoms with Gasteiger partial charge in [-0.05, 0) is 50.4 Å². The Kier molecular flexibility index (Phi) is 6.18. The third-order valence-corrected chi connectivity index (χ3v) is 7.37. The monoisotopic (exact) mass is 474 g/mol. The Labute approximate surface area is 203 Å². The predicted molar refractivity (Wildman–Crippen MR) is 137 cm³/mol. The fraction of sp³-hybridized carbons (Fsp3) is 0.385. The molecule has 34 heavy (non-hydrogen) atoms. The van der Waals surface area contributed by atoms with E-state index >= 15 is 0 Å². The first-order valence-electron chi connectivity index (χ1n) is 11.8. The van der Waals surface area contributed by atoms with Gasteiger partial charge in [-0.1, -0.05) is 31.5 Å². The minimum atomic E-state index is -0.0256. The number of aromatic amines is 1. The van der Waals surface area contributed by atoms with E-state index in [2.05, 4.69) is 60.3 Å². The molecule has 1 atom stereocenters. The highest BCUT2D eigenvalue weighted by atomic mass is 32.1. The molecule has 4 heterocycles. The fourth-order valence-corrected chi connectivity index (χ4v) is 5.61. The van der Waals surface area contributed by atoms with Crippen LogP contribution in [0.1, 0.15) is 41.9 Å². The number of likely N-dealkylation sites (tertiary alicyclic amines) is 1. The number of fused-ring (bicyclic) bond motifs is 1. The fourth-order valence-electron chi connectivity index (χ4n) is 4.56. The van der Waals surface area contributed by atoms with Crippen LogP contribution in [0.3, 0.4) is 0 Å². The molecule has 0 bridgehead atoms. The minimum absolute atomic E-state index is 0.0256. The number of amides is 1. The van der Waals surface area contributed by atoms with Crippen LogP contribution in [-0.2, 0) is 0 Å². The quantitative estimate of drug-likeness (QED) is 0.418. The van der Waals surface area contributed by atoms with Gasteiger partial charge in [0, 0.05) is 42.5 Å². The van der Waals surface area contributed by atoms with E-state index < -0.39 is 0 Å². The summed E-state index contributed by atoms with van der Waals surface area (Å²) >= 11 is 1.50. The van der Waals surface area contributed by atoms with E-state index in [4.69, 9.17) is 4.98 Å². The second kappa shape index (κ2) is 9.27. The van der Waals surface area contributed by atoms with E-state index in [0.717, 1.165) is 57.1 Å². The molecule has 7 nitrogen and oxygen atoms in total. The van der Waals surface area contributed by atoms with Crippen molar-refractivity contribution in [2.75, 3.05) is 19.6 Å². The maximum absolute atomic E-state index is 13.7. The normalized spacial score (nSPS) is 16.1. The van der Waals surface area contributed by atoms with Gasteiger partial charge in [0.15, 0.2) is 0 Å². The van der Waals surface area contributed by atoms with Crippen LogP contribution in [0.15, 0.2) is 36.7 Å². The number of H-pyrrole nitrogens is 1. The highest BCUT2D eigenvalue weighted by Gasteiger charge is 2.31. The molecule has 0 saturated carbocycles. The summed E-state index contributed by atoms with van der Waals surface area (Å²) in [6, 6.07) is 8.46. The van der Waals surface area contributed by atoms with E-state index in [0.29, 0.717) is 24.2 Å². The Morgan fingerprint density at radius 1 is 1.32 bits per heavy atom. The zero-order chi connectivity index (χ0) is 23.8. The number of carbonyl (C=O) groups excluding carboxylic acids is 1. The molecule has 0 spiro atoms. The third kappa shape index (κ3) is 4.35. The lowest BCUT2D eigenvalue weighted by atomic mass is 10.1. The smallest absolute Gasteiger partial charge is 0.274 e. The largest absolute Gasteiger partial charge is 0.336 e. The summed E-state index contributed by atoms with van der Waals surface area (Å²) in [4.78, 5) is 25.6. The van der Waals surface area contributed by atoms with Crippen molar-refractivity contribution in [1.29, 1.82) is 0 Å². The molecule has 1 aliphatic rings. The molecular formula is C26H30N6OS. The number of aryl methyl sites for hydroxylation is 2. The molecular weight excluding hydrogens is 444 g/mol.